The van der Waals surface area contributed by atoms with E-state index in [0.29, 0.717) is 45.7 Å². The molecule has 1 N–H and O–H groups in total. The van der Waals surface area contributed by atoms with Crippen molar-refractivity contribution in [2.45, 2.75) is 26.3 Å². The molecule has 1 saturated carbocycles. The van der Waals surface area contributed by atoms with Gasteiger partial charge in [-0.25, -0.2) is 14.2 Å². The van der Waals surface area contributed by atoms with Gasteiger partial charge in [0.1, 0.15) is 11.2 Å². The van der Waals surface area contributed by atoms with Crippen LogP contribution in [0, 0.1) is 24.6 Å². The predicted octanol–water partition coefficient (Wildman–Crippen LogP) is 3.80. The first-order valence-corrected chi connectivity index (χ1v) is 11.2. The number of nitrogens with one attached hydrogen (secondary N) is 1. The van der Waals surface area contributed by atoms with E-state index >= 15 is 4.39 Å². The Kier molecular flexibility index (Phi) is 5.11. The average Bonchev–Trinajstić information content (AvgIpc) is 3.42. The number of fused-ring (bicyclic) bond motifs is 2. The molecule has 0 amide bonds. The first-order chi connectivity index (χ1) is 15.8. The number of esters is 1. The lowest BCUT2D eigenvalue weighted by Gasteiger charge is -2.24. The second-order valence-corrected chi connectivity index (χ2v) is 9.16. The van der Waals surface area contributed by atoms with Crippen molar-refractivity contribution in [3.63, 3.8) is 0 Å². The summed E-state index contributed by atoms with van der Waals surface area (Å²) in [4.78, 5) is 32.4. The maximum atomic E-state index is 15.2. The zero-order chi connectivity index (χ0) is 23.4. The van der Waals surface area contributed by atoms with E-state index in [1.807, 2.05) is 13.0 Å². The third kappa shape index (κ3) is 3.53. The number of anilines is 2. The molecule has 5 rings (SSSR count). The minimum absolute atomic E-state index is 0.00416. The van der Waals surface area contributed by atoms with E-state index in [0.717, 1.165) is 13.1 Å². The van der Waals surface area contributed by atoms with Crippen molar-refractivity contribution in [3.05, 3.63) is 63.2 Å². The fraction of sp³-hybridized carbons (Fsp3) is 0.400. The molecule has 2 aliphatic rings. The summed E-state index contributed by atoms with van der Waals surface area (Å²) in [7, 11) is 2.99. The summed E-state index contributed by atoms with van der Waals surface area (Å²) in [5.41, 5.74) is 2.03. The van der Waals surface area contributed by atoms with Crippen molar-refractivity contribution < 1.29 is 13.9 Å². The molecule has 0 radical (unpaired) electrons. The fourth-order valence-corrected chi connectivity index (χ4v) is 4.94. The minimum atomic E-state index is -0.542. The number of hydrogen-bond acceptors (Lipinski definition) is 6. The van der Waals surface area contributed by atoms with Gasteiger partial charge in [0.2, 0.25) is 5.95 Å². The molecule has 0 bridgehead atoms. The van der Waals surface area contributed by atoms with Crippen LogP contribution in [0.5, 0.6) is 0 Å². The van der Waals surface area contributed by atoms with Crippen molar-refractivity contribution in [2.75, 3.05) is 30.4 Å². The third-order valence-corrected chi connectivity index (χ3v) is 6.91. The highest BCUT2D eigenvalue weighted by molar-refractivity contribution is 5.95. The standard InChI is InChI=1S/C25H27FN4O3/c1-13-9-18(14(2)27-19-8-6-5-7-17(19)24(32)33-4)22-20(21(13)26)23(31)29(3)25(28-22)30-11-15-10-16(15)12-30/h5-9,14-16,27H,10-12H2,1-4H3. The number of rotatable bonds is 5. The number of aromatic nitrogens is 2. The first-order valence-electron chi connectivity index (χ1n) is 11.2. The summed E-state index contributed by atoms with van der Waals surface area (Å²) < 4.78 is 21.5. The molecule has 1 saturated heterocycles. The second-order valence-electron chi connectivity index (χ2n) is 9.16. The molecule has 33 heavy (non-hydrogen) atoms. The fourth-order valence-electron chi connectivity index (χ4n) is 4.94. The van der Waals surface area contributed by atoms with E-state index in [9.17, 15) is 9.59 Å². The highest BCUT2D eigenvalue weighted by Crippen LogP contribution is 2.46. The first kappa shape index (κ1) is 21.4. The molecule has 7 nitrogen and oxygen atoms in total. The van der Waals surface area contributed by atoms with Crippen LogP contribution in [0.1, 0.15) is 40.9 Å². The zero-order valence-electron chi connectivity index (χ0n) is 19.2. The Labute approximate surface area is 191 Å². The maximum absolute atomic E-state index is 15.2. The predicted molar refractivity (Wildman–Crippen MR) is 125 cm³/mol. The monoisotopic (exact) mass is 450 g/mol. The highest BCUT2D eigenvalue weighted by atomic mass is 19.1. The summed E-state index contributed by atoms with van der Waals surface area (Å²) >= 11 is 0. The van der Waals surface area contributed by atoms with Gasteiger partial charge in [0, 0.05) is 31.4 Å². The van der Waals surface area contributed by atoms with Gasteiger partial charge in [-0.05, 0) is 55.9 Å². The van der Waals surface area contributed by atoms with E-state index in [-0.39, 0.29) is 17.0 Å². The van der Waals surface area contributed by atoms with Crippen LogP contribution in [-0.4, -0.2) is 35.7 Å². The lowest BCUT2D eigenvalue weighted by Crippen LogP contribution is -2.32. The Bertz CT molecular complexity index is 1330. The SMILES string of the molecule is COC(=O)c1ccccc1NC(C)c1cc(C)c(F)c2c(=O)n(C)c(N3CC4CC4C3)nc12. The van der Waals surface area contributed by atoms with Crippen LogP contribution >= 0.6 is 0 Å². The highest BCUT2D eigenvalue weighted by Gasteiger charge is 2.46. The molecule has 2 heterocycles. The largest absolute Gasteiger partial charge is 0.465 e. The number of carbonyl (C=O) groups excluding carboxylic acids is 1. The molecule has 0 spiro atoms. The van der Waals surface area contributed by atoms with Gasteiger partial charge in [0.05, 0.1) is 24.2 Å². The van der Waals surface area contributed by atoms with Gasteiger partial charge in [-0.1, -0.05) is 12.1 Å². The van der Waals surface area contributed by atoms with Crippen LogP contribution in [-0.2, 0) is 11.8 Å². The number of methoxy groups -OCH3 is 1. The van der Waals surface area contributed by atoms with Crippen LogP contribution in [0.4, 0.5) is 16.0 Å². The molecule has 1 aliphatic carbocycles. The maximum Gasteiger partial charge on any atom is 0.339 e. The molecule has 2 fully saturated rings. The molecule has 1 aromatic heterocycles. The van der Waals surface area contributed by atoms with Crippen LogP contribution in [0.15, 0.2) is 35.1 Å². The Balaban J connectivity index is 1.62. The molecular formula is C25H27FN4O3. The van der Waals surface area contributed by atoms with E-state index in [1.54, 1.807) is 38.2 Å². The molecule has 2 aromatic carbocycles. The van der Waals surface area contributed by atoms with E-state index in [1.165, 1.54) is 18.1 Å². The molecule has 8 heteroatoms. The van der Waals surface area contributed by atoms with Crippen LogP contribution < -0.4 is 15.8 Å². The summed E-state index contributed by atoms with van der Waals surface area (Å²) in [5, 5.41) is 3.33. The Morgan fingerprint density at radius 3 is 2.67 bits per heavy atom. The van der Waals surface area contributed by atoms with Gasteiger partial charge in [-0.15, -0.1) is 0 Å². The van der Waals surface area contributed by atoms with Gasteiger partial charge >= 0.3 is 5.97 Å². The number of ether oxygens (including phenoxy) is 1. The molecular weight excluding hydrogens is 423 g/mol. The molecule has 3 aromatic rings. The smallest absolute Gasteiger partial charge is 0.339 e. The Morgan fingerprint density at radius 2 is 1.97 bits per heavy atom. The molecule has 172 valence electrons. The summed E-state index contributed by atoms with van der Waals surface area (Å²) in [6.07, 6.45) is 1.23. The Morgan fingerprint density at radius 1 is 1.27 bits per heavy atom. The summed E-state index contributed by atoms with van der Waals surface area (Å²) in [6, 6.07) is 8.43. The minimum Gasteiger partial charge on any atom is -0.465 e. The number of para-hydroxylation sites is 1. The number of piperidine rings is 1. The zero-order valence-corrected chi connectivity index (χ0v) is 19.2. The second kappa shape index (κ2) is 7.86. The van der Waals surface area contributed by atoms with Gasteiger partial charge in [0.15, 0.2) is 0 Å². The van der Waals surface area contributed by atoms with Crippen molar-refractivity contribution in [3.8, 4) is 0 Å². The molecule has 3 unspecified atom stereocenters. The van der Waals surface area contributed by atoms with Gasteiger partial charge < -0.3 is 15.0 Å². The lowest BCUT2D eigenvalue weighted by molar-refractivity contribution is 0.0602. The van der Waals surface area contributed by atoms with Crippen LogP contribution in [0.2, 0.25) is 0 Å². The topological polar surface area (TPSA) is 76.5 Å². The van der Waals surface area contributed by atoms with Gasteiger partial charge in [-0.3, -0.25) is 9.36 Å². The number of carbonyl (C=O) groups is 1. The van der Waals surface area contributed by atoms with Crippen LogP contribution in [0.25, 0.3) is 10.9 Å². The quantitative estimate of drug-likeness (QED) is 0.596. The van der Waals surface area contributed by atoms with Crippen molar-refractivity contribution >= 4 is 28.5 Å². The summed E-state index contributed by atoms with van der Waals surface area (Å²) in [5.74, 6) is 0.919. The van der Waals surface area contributed by atoms with Crippen molar-refractivity contribution in [1.29, 1.82) is 0 Å². The van der Waals surface area contributed by atoms with Gasteiger partial charge in [-0.2, -0.15) is 0 Å². The third-order valence-electron chi connectivity index (χ3n) is 6.91. The van der Waals surface area contributed by atoms with Gasteiger partial charge in [0.25, 0.3) is 5.56 Å². The van der Waals surface area contributed by atoms with E-state index in [4.69, 9.17) is 9.72 Å². The number of nitrogens with zero attached hydrogens (tertiary/aromatic N) is 3. The molecule has 3 atom stereocenters. The van der Waals surface area contributed by atoms with E-state index < -0.39 is 11.8 Å². The summed E-state index contributed by atoms with van der Waals surface area (Å²) in [6.45, 7) is 5.31. The van der Waals surface area contributed by atoms with Crippen molar-refractivity contribution in [2.24, 2.45) is 18.9 Å². The molecule has 1 aliphatic heterocycles. The normalized spacial score (nSPS) is 20.0. The number of hydrogen-bond donors (Lipinski definition) is 1. The number of halogens is 1. The van der Waals surface area contributed by atoms with E-state index in [2.05, 4.69) is 10.2 Å². The Hall–Kier alpha value is -3.42. The number of benzene rings is 2. The number of aryl methyl sites for hydroxylation is 1. The average molecular weight is 451 g/mol. The van der Waals surface area contributed by atoms with Crippen molar-refractivity contribution in [1.82, 2.24) is 9.55 Å². The lowest BCUT2D eigenvalue weighted by atomic mass is 10.00. The van der Waals surface area contributed by atoms with Crippen LogP contribution in [0.3, 0.4) is 0 Å².